The van der Waals surface area contributed by atoms with E-state index in [0.29, 0.717) is 6.04 Å². The lowest BCUT2D eigenvalue weighted by molar-refractivity contribution is 0.270. The lowest BCUT2D eigenvalue weighted by atomic mass is 10.2. The number of anilines is 4. The summed E-state index contributed by atoms with van der Waals surface area (Å²) in [6.07, 6.45) is 2.67. The summed E-state index contributed by atoms with van der Waals surface area (Å²) in [7, 11) is 0. The second-order valence-corrected chi connectivity index (χ2v) is 6.70. The lowest BCUT2D eigenvalue weighted by Gasteiger charge is -2.28. The highest BCUT2D eigenvalue weighted by atomic mass is 15.3. The third-order valence-electron chi connectivity index (χ3n) is 5.20. The van der Waals surface area contributed by atoms with Crippen LogP contribution in [0.3, 0.4) is 0 Å². The minimum absolute atomic E-state index is 0.699. The molecule has 1 unspecified atom stereocenters. The van der Waals surface area contributed by atoms with Crippen LogP contribution in [0.25, 0.3) is 0 Å². The minimum atomic E-state index is 0.699. The third-order valence-corrected chi connectivity index (χ3v) is 5.20. The largest absolute Gasteiger partial charge is 0.366 e. The molecule has 2 aliphatic heterocycles. The Morgan fingerprint density at radius 3 is 2.83 bits per heavy atom. The van der Waals surface area contributed by atoms with Gasteiger partial charge in [0.15, 0.2) is 0 Å². The molecule has 2 heterocycles. The topological polar surface area (TPSA) is 30.5 Å². The maximum Gasteiger partial charge on any atom is 0.0878 e. The van der Waals surface area contributed by atoms with Crippen LogP contribution in [-0.4, -0.2) is 37.2 Å². The number of nitrogens with zero attached hydrogens (tertiary/aromatic N) is 2. The van der Waals surface area contributed by atoms with Crippen molar-refractivity contribution in [3.05, 3.63) is 48.5 Å². The monoisotopic (exact) mass is 322 g/mol. The van der Waals surface area contributed by atoms with Gasteiger partial charge >= 0.3 is 0 Å². The van der Waals surface area contributed by atoms with Crippen LogP contribution in [-0.2, 0) is 0 Å². The lowest BCUT2D eigenvalue weighted by Crippen LogP contribution is -2.40. The van der Waals surface area contributed by atoms with Gasteiger partial charge in [-0.25, -0.2) is 0 Å². The molecule has 2 aromatic rings. The quantitative estimate of drug-likeness (QED) is 0.867. The molecular weight excluding hydrogens is 296 g/mol. The molecule has 4 nitrogen and oxygen atoms in total. The average Bonchev–Trinajstić information content (AvgIpc) is 3.23. The zero-order valence-electron chi connectivity index (χ0n) is 14.3. The Morgan fingerprint density at radius 1 is 1.12 bits per heavy atom. The summed E-state index contributed by atoms with van der Waals surface area (Å²) in [5.41, 5.74) is 4.82. The minimum Gasteiger partial charge on any atom is -0.366 e. The van der Waals surface area contributed by atoms with Gasteiger partial charge in [0.25, 0.3) is 0 Å². The number of benzene rings is 2. The summed E-state index contributed by atoms with van der Waals surface area (Å²) in [4.78, 5) is 5.10. The van der Waals surface area contributed by atoms with Gasteiger partial charge in [-0.05, 0) is 56.3 Å². The first-order valence-corrected chi connectivity index (χ1v) is 9.02. The third kappa shape index (κ3) is 3.06. The number of likely N-dealkylation sites (N-methyl/N-ethyl adjacent to an activating group) is 1. The number of para-hydroxylation sites is 1. The van der Waals surface area contributed by atoms with Crippen molar-refractivity contribution in [1.29, 1.82) is 0 Å². The van der Waals surface area contributed by atoms with Crippen LogP contribution >= 0.6 is 0 Å². The van der Waals surface area contributed by atoms with E-state index < -0.39 is 0 Å². The Hall–Kier alpha value is -2.20. The van der Waals surface area contributed by atoms with Gasteiger partial charge in [-0.3, -0.25) is 4.90 Å². The van der Waals surface area contributed by atoms with Crippen LogP contribution in [0, 0.1) is 0 Å². The molecule has 4 rings (SSSR count). The first-order chi connectivity index (χ1) is 11.8. The Labute approximate surface area is 144 Å². The van der Waals surface area contributed by atoms with Gasteiger partial charge in [0, 0.05) is 24.0 Å². The maximum absolute atomic E-state index is 3.55. The van der Waals surface area contributed by atoms with E-state index in [1.807, 2.05) is 6.07 Å². The molecule has 0 spiro atoms. The molecule has 24 heavy (non-hydrogen) atoms. The summed E-state index contributed by atoms with van der Waals surface area (Å²) in [6, 6.07) is 17.7. The van der Waals surface area contributed by atoms with Gasteiger partial charge in [-0.2, -0.15) is 0 Å². The summed E-state index contributed by atoms with van der Waals surface area (Å²) in [6.45, 7) is 6.74. The molecule has 1 saturated heterocycles. The second-order valence-electron chi connectivity index (χ2n) is 6.70. The van der Waals surface area contributed by atoms with Gasteiger partial charge in [-0.1, -0.05) is 25.1 Å². The molecule has 0 amide bonds. The summed E-state index contributed by atoms with van der Waals surface area (Å²) < 4.78 is 0. The van der Waals surface area contributed by atoms with Crippen molar-refractivity contribution < 1.29 is 0 Å². The van der Waals surface area contributed by atoms with Crippen LogP contribution in [0.1, 0.15) is 19.8 Å². The number of hydrogen-bond acceptors (Lipinski definition) is 4. The highest BCUT2D eigenvalue weighted by molar-refractivity contribution is 5.80. The molecule has 0 aromatic heterocycles. The van der Waals surface area contributed by atoms with Crippen LogP contribution in [0.5, 0.6) is 0 Å². The van der Waals surface area contributed by atoms with Crippen molar-refractivity contribution in [2.24, 2.45) is 0 Å². The predicted molar refractivity (Wildman–Crippen MR) is 102 cm³/mol. The smallest absolute Gasteiger partial charge is 0.0878 e. The zero-order valence-corrected chi connectivity index (χ0v) is 14.3. The van der Waals surface area contributed by atoms with E-state index in [1.165, 1.54) is 37.3 Å². The van der Waals surface area contributed by atoms with E-state index in [2.05, 4.69) is 69.8 Å². The Kier molecular flexibility index (Phi) is 4.30. The fourth-order valence-corrected chi connectivity index (χ4v) is 3.92. The summed E-state index contributed by atoms with van der Waals surface area (Å²) in [5.74, 6) is 0. The van der Waals surface area contributed by atoms with E-state index in [-0.39, 0.29) is 0 Å². The highest BCUT2D eigenvalue weighted by Gasteiger charge is 2.28. The van der Waals surface area contributed by atoms with Crippen LogP contribution < -0.4 is 15.5 Å². The second kappa shape index (κ2) is 6.73. The van der Waals surface area contributed by atoms with E-state index in [9.17, 15) is 0 Å². The predicted octanol–water partition coefficient (Wildman–Crippen LogP) is 4.10. The molecule has 126 valence electrons. The summed E-state index contributed by atoms with van der Waals surface area (Å²) in [5, 5.41) is 7.02. The van der Waals surface area contributed by atoms with Crippen molar-refractivity contribution in [3.8, 4) is 0 Å². The van der Waals surface area contributed by atoms with Crippen molar-refractivity contribution in [2.75, 3.05) is 41.8 Å². The first-order valence-electron chi connectivity index (χ1n) is 9.02. The molecule has 0 saturated carbocycles. The molecule has 1 fully saturated rings. The van der Waals surface area contributed by atoms with Crippen molar-refractivity contribution in [2.45, 2.75) is 25.8 Å². The molecule has 4 heteroatoms. The molecule has 2 N–H and O–H groups in total. The van der Waals surface area contributed by atoms with Crippen LogP contribution in [0.15, 0.2) is 48.5 Å². The van der Waals surface area contributed by atoms with Crippen LogP contribution in [0.2, 0.25) is 0 Å². The average molecular weight is 322 g/mol. The number of fused-ring (bicyclic) bond motifs is 1. The van der Waals surface area contributed by atoms with Gasteiger partial charge in [0.2, 0.25) is 0 Å². The van der Waals surface area contributed by atoms with Crippen molar-refractivity contribution in [3.63, 3.8) is 0 Å². The van der Waals surface area contributed by atoms with E-state index in [4.69, 9.17) is 0 Å². The van der Waals surface area contributed by atoms with Crippen molar-refractivity contribution in [1.82, 2.24) is 4.90 Å². The molecule has 2 aromatic carbocycles. The molecule has 0 bridgehead atoms. The Bertz CT molecular complexity index is 685. The normalized spacial score (nSPS) is 20.0. The Morgan fingerprint density at radius 2 is 2.00 bits per heavy atom. The molecule has 0 aliphatic carbocycles. The Balaban J connectivity index is 1.46. The summed E-state index contributed by atoms with van der Waals surface area (Å²) >= 11 is 0. The number of likely N-dealkylation sites (tertiary alicyclic amines) is 1. The molecular formula is C20H26N4. The molecule has 0 radical (unpaired) electrons. The van der Waals surface area contributed by atoms with Gasteiger partial charge < -0.3 is 15.5 Å². The van der Waals surface area contributed by atoms with E-state index >= 15 is 0 Å². The number of rotatable bonds is 5. The fourth-order valence-electron chi connectivity index (χ4n) is 3.92. The van der Waals surface area contributed by atoms with Gasteiger partial charge in [0.1, 0.15) is 0 Å². The number of hydrogen-bond donors (Lipinski definition) is 2. The SMILES string of the molecule is CCN1CCCC1CN1CNc2cc(Nc3ccccc3)ccc21. The van der Waals surface area contributed by atoms with E-state index in [0.717, 1.165) is 24.6 Å². The van der Waals surface area contributed by atoms with Gasteiger partial charge in [0.05, 0.1) is 18.0 Å². The number of nitrogens with one attached hydrogen (secondary N) is 2. The molecule has 2 aliphatic rings. The standard InChI is InChI=1S/C20H26N4/c1-2-23-12-6-9-18(23)14-24-15-21-19-13-17(10-11-20(19)24)22-16-7-4-3-5-8-16/h3-5,7-8,10-11,13,18,21-22H,2,6,9,12,14-15H2,1H3. The zero-order chi connectivity index (χ0) is 16.4. The van der Waals surface area contributed by atoms with Gasteiger partial charge in [-0.15, -0.1) is 0 Å². The van der Waals surface area contributed by atoms with Crippen LogP contribution in [0.4, 0.5) is 22.7 Å². The first kappa shape index (κ1) is 15.3. The fraction of sp³-hybridized carbons (Fsp3) is 0.400. The molecule has 1 atom stereocenters. The highest BCUT2D eigenvalue weighted by Crippen LogP contribution is 2.35. The van der Waals surface area contributed by atoms with E-state index in [1.54, 1.807) is 0 Å². The maximum atomic E-state index is 3.55. The van der Waals surface area contributed by atoms with Crippen molar-refractivity contribution >= 4 is 22.7 Å².